The predicted octanol–water partition coefficient (Wildman–Crippen LogP) is 1.22. The van der Waals surface area contributed by atoms with Crippen molar-refractivity contribution in [2.24, 2.45) is 18.9 Å². The van der Waals surface area contributed by atoms with E-state index >= 15 is 0 Å². The van der Waals surface area contributed by atoms with Gasteiger partial charge in [0.15, 0.2) is 5.65 Å². The fraction of sp³-hybridized carbons (Fsp3) is 0.643. The third-order valence-corrected chi connectivity index (χ3v) is 4.77. The lowest BCUT2D eigenvalue weighted by Crippen LogP contribution is -2.46. The number of aryl methyl sites for hydroxylation is 1. The highest BCUT2D eigenvalue weighted by Crippen LogP contribution is 2.39. The van der Waals surface area contributed by atoms with E-state index in [1.165, 1.54) is 12.8 Å². The Morgan fingerprint density at radius 2 is 1.95 bits per heavy atom. The molecule has 2 fully saturated rings. The Labute approximate surface area is 117 Å². The number of anilines is 1. The van der Waals surface area contributed by atoms with Crippen molar-refractivity contribution < 1.29 is 4.74 Å². The molecule has 0 aromatic carbocycles. The Morgan fingerprint density at radius 1 is 1.20 bits per heavy atom. The third kappa shape index (κ3) is 1.71. The first-order chi connectivity index (χ1) is 9.76. The predicted molar refractivity (Wildman–Crippen MR) is 75.5 cm³/mol. The molecule has 3 heterocycles. The lowest BCUT2D eigenvalue weighted by atomic mass is 9.95. The van der Waals surface area contributed by atoms with Gasteiger partial charge in [0.2, 0.25) is 5.95 Å². The van der Waals surface area contributed by atoms with Crippen LogP contribution in [0, 0.1) is 11.8 Å². The van der Waals surface area contributed by atoms with Gasteiger partial charge in [0.25, 0.3) is 0 Å². The molecule has 1 saturated heterocycles. The highest BCUT2D eigenvalue weighted by Gasteiger charge is 2.42. The van der Waals surface area contributed by atoms with E-state index in [-0.39, 0.29) is 0 Å². The number of piperidine rings is 1. The van der Waals surface area contributed by atoms with Gasteiger partial charge >= 0.3 is 0 Å². The molecule has 1 aliphatic heterocycles. The smallest absolute Gasteiger partial charge is 0.227 e. The van der Waals surface area contributed by atoms with Crippen molar-refractivity contribution in [1.29, 1.82) is 0 Å². The second-order valence-electron chi connectivity index (χ2n) is 5.94. The summed E-state index contributed by atoms with van der Waals surface area (Å²) in [5.41, 5.74) is 1.75. The largest absolute Gasteiger partial charge is 0.381 e. The first-order valence-corrected chi connectivity index (χ1v) is 7.18. The van der Waals surface area contributed by atoms with Crippen molar-refractivity contribution in [2.75, 3.05) is 25.1 Å². The van der Waals surface area contributed by atoms with Crippen LogP contribution < -0.4 is 4.90 Å². The summed E-state index contributed by atoms with van der Waals surface area (Å²) in [5.74, 6) is 2.03. The van der Waals surface area contributed by atoms with E-state index in [1.54, 1.807) is 6.33 Å². The molecule has 2 aromatic rings. The minimum atomic E-state index is 0.421. The van der Waals surface area contributed by atoms with Crippen LogP contribution in [0.4, 0.5) is 5.95 Å². The summed E-state index contributed by atoms with van der Waals surface area (Å²) in [7, 11) is 3.80. The number of hydrogen-bond donors (Lipinski definition) is 0. The molecule has 1 unspecified atom stereocenters. The molecular weight excluding hydrogens is 254 g/mol. The number of fused-ring (bicyclic) bond motifs is 3. The van der Waals surface area contributed by atoms with Gasteiger partial charge in [-0.2, -0.15) is 4.98 Å². The van der Waals surface area contributed by atoms with Crippen LogP contribution >= 0.6 is 0 Å². The molecular formula is C14H19N5O. The average molecular weight is 273 g/mol. The molecule has 0 radical (unpaired) electrons. The van der Waals surface area contributed by atoms with Crippen molar-refractivity contribution >= 4 is 17.1 Å². The summed E-state index contributed by atoms with van der Waals surface area (Å²) >= 11 is 0. The Morgan fingerprint density at radius 3 is 2.65 bits per heavy atom. The highest BCUT2D eigenvalue weighted by molar-refractivity contribution is 5.70. The number of hydrogen-bond acceptors (Lipinski definition) is 5. The zero-order chi connectivity index (χ0) is 13.7. The molecule has 0 amide bonds. The topological polar surface area (TPSA) is 56.1 Å². The zero-order valence-corrected chi connectivity index (χ0v) is 11.9. The van der Waals surface area contributed by atoms with Crippen LogP contribution in [-0.2, 0) is 11.8 Å². The van der Waals surface area contributed by atoms with Gasteiger partial charge in [0.05, 0.1) is 18.6 Å². The number of aromatic nitrogens is 4. The number of rotatable bonds is 2. The number of methoxy groups -OCH3 is 1. The molecule has 6 nitrogen and oxygen atoms in total. The van der Waals surface area contributed by atoms with E-state index < -0.39 is 0 Å². The number of ether oxygens (including phenoxy) is 1. The zero-order valence-electron chi connectivity index (χ0n) is 11.9. The molecule has 2 bridgehead atoms. The van der Waals surface area contributed by atoms with E-state index in [0.717, 1.165) is 30.2 Å². The van der Waals surface area contributed by atoms with Crippen molar-refractivity contribution in [3.8, 4) is 0 Å². The van der Waals surface area contributed by atoms with Crippen LogP contribution in [0.15, 0.2) is 12.5 Å². The van der Waals surface area contributed by atoms with Gasteiger partial charge < -0.3 is 14.2 Å². The molecule has 4 rings (SSSR count). The van der Waals surface area contributed by atoms with Gasteiger partial charge in [-0.05, 0) is 12.8 Å². The standard InChI is InChI=1S/C14H19N5O/c1-18-8-16-13-11(18)5-15-14(17-13)19-6-9-3-4-10(7-19)12(9)20-2/h5,8-10,12H,3-4,6-7H2,1-2H3/t9-,10+,12?. The molecule has 2 aliphatic rings. The fourth-order valence-electron chi connectivity index (χ4n) is 3.78. The normalized spacial score (nSPS) is 29.3. The van der Waals surface area contributed by atoms with Crippen LogP contribution in [0.2, 0.25) is 0 Å². The minimum Gasteiger partial charge on any atom is -0.381 e. The van der Waals surface area contributed by atoms with E-state index in [9.17, 15) is 0 Å². The maximum absolute atomic E-state index is 5.65. The quantitative estimate of drug-likeness (QED) is 0.823. The number of imidazole rings is 1. The molecule has 2 aromatic heterocycles. The summed E-state index contributed by atoms with van der Waals surface area (Å²) in [6.45, 7) is 1.99. The molecule has 1 aliphatic carbocycles. The summed E-state index contributed by atoms with van der Waals surface area (Å²) in [6, 6.07) is 0. The average Bonchev–Trinajstić information content (AvgIpc) is 2.95. The molecule has 6 heteroatoms. The summed E-state index contributed by atoms with van der Waals surface area (Å²) in [6.07, 6.45) is 6.58. The van der Waals surface area contributed by atoms with E-state index in [4.69, 9.17) is 4.74 Å². The molecule has 0 spiro atoms. The third-order valence-electron chi connectivity index (χ3n) is 4.77. The summed E-state index contributed by atoms with van der Waals surface area (Å²) < 4.78 is 7.60. The fourth-order valence-corrected chi connectivity index (χ4v) is 3.78. The van der Waals surface area contributed by atoms with Crippen LogP contribution in [0.5, 0.6) is 0 Å². The maximum atomic E-state index is 5.65. The molecule has 106 valence electrons. The molecule has 0 N–H and O–H groups in total. The van der Waals surface area contributed by atoms with Gasteiger partial charge in [-0.1, -0.05) is 0 Å². The van der Waals surface area contributed by atoms with E-state index in [1.807, 2.05) is 24.9 Å². The van der Waals surface area contributed by atoms with Crippen LogP contribution in [0.25, 0.3) is 11.2 Å². The second-order valence-corrected chi connectivity index (χ2v) is 5.94. The Bertz CT molecular complexity index is 626. The van der Waals surface area contributed by atoms with Gasteiger partial charge in [-0.25, -0.2) is 9.97 Å². The maximum Gasteiger partial charge on any atom is 0.227 e. The van der Waals surface area contributed by atoms with Crippen molar-refractivity contribution in [3.63, 3.8) is 0 Å². The first-order valence-electron chi connectivity index (χ1n) is 7.18. The summed E-state index contributed by atoms with van der Waals surface area (Å²) in [4.78, 5) is 15.8. The van der Waals surface area contributed by atoms with Crippen LogP contribution in [0.1, 0.15) is 12.8 Å². The summed E-state index contributed by atoms with van der Waals surface area (Å²) in [5, 5.41) is 0. The minimum absolute atomic E-state index is 0.421. The Hall–Kier alpha value is -1.69. The van der Waals surface area contributed by atoms with Gasteiger partial charge in [0.1, 0.15) is 5.52 Å². The monoisotopic (exact) mass is 273 g/mol. The highest BCUT2D eigenvalue weighted by atomic mass is 16.5. The lowest BCUT2D eigenvalue weighted by Gasteiger charge is -2.37. The van der Waals surface area contributed by atoms with Gasteiger partial charge in [0, 0.05) is 39.1 Å². The van der Waals surface area contributed by atoms with E-state index in [0.29, 0.717) is 17.9 Å². The number of nitrogens with zero attached hydrogens (tertiary/aromatic N) is 5. The molecule has 1 saturated carbocycles. The lowest BCUT2D eigenvalue weighted by molar-refractivity contribution is 0.0293. The SMILES string of the molecule is COC1[C@@H]2CC[C@H]1CN(c1ncc3c(ncn3C)n1)C2. The van der Waals surface area contributed by atoms with E-state index in [2.05, 4.69) is 19.9 Å². The Kier molecular flexibility index (Phi) is 2.66. The van der Waals surface area contributed by atoms with Crippen molar-refractivity contribution in [3.05, 3.63) is 12.5 Å². The van der Waals surface area contributed by atoms with Gasteiger partial charge in [-0.15, -0.1) is 0 Å². The van der Waals surface area contributed by atoms with Crippen LogP contribution in [0.3, 0.4) is 0 Å². The van der Waals surface area contributed by atoms with Gasteiger partial charge in [-0.3, -0.25) is 0 Å². The second kappa shape index (κ2) is 4.41. The van der Waals surface area contributed by atoms with Crippen LogP contribution in [-0.4, -0.2) is 45.8 Å². The molecule has 3 atom stereocenters. The first kappa shape index (κ1) is 12.1. The Balaban J connectivity index is 1.64. The van der Waals surface area contributed by atoms with Crippen molar-refractivity contribution in [1.82, 2.24) is 19.5 Å². The molecule has 20 heavy (non-hydrogen) atoms. The van der Waals surface area contributed by atoms with Crippen molar-refractivity contribution in [2.45, 2.75) is 18.9 Å².